The van der Waals surface area contributed by atoms with Crippen LogP contribution >= 0.6 is 50.6 Å². The Balaban J connectivity index is 1.35. The quantitative estimate of drug-likeness (QED) is 0.0915. The van der Waals surface area contributed by atoms with Gasteiger partial charge in [-0.25, -0.2) is 9.78 Å². The van der Waals surface area contributed by atoms with Gasteiger partial charge in [-0.05, 0) is 23.8 Å². The van der Waals surface area contributed by atoms with Gasteiger partial charge in [0.05, 0.1) is 15.1 Å². The number of amides is 1. The summed E-state index contributed by atoms with van der Waals surface area (Å²) in [4.78, 5) is 55.4. The molecule has 0 aliphatic carbocycles. The summed E-state index contributed by atoms with van der Waals surface area (Å²) in [6.07, 6.45) is 0.674. The second kappa shape index (κ2) is 9.58. The Kier molecular flexibility index (Phi) is 6.40. The highest BCUT2D eigenvalue weighted by Crippen LogP contribution is 2.60. The zero-order valence-corrected chi connectivity index (χ0v) is 24.2. The third kappa shape index (κ3) is 4.08. The Morgan fingerprint density at radius 2 is 2.02 bits per heavy atom. The molecule has 3 atom stereocenters. The van der Waals surface area contributed by atoms with Crippen molar-refractivity contribution >= 4 is 89.3 Å². The second-order valence-electron chi connectivity index (χ2n) is 9.11. The maximum absolute atomic E-state index is 13.7. The highest BCUT2D eigenvalue weighted by atomic mass is 79.9. The molecule has 4 aromatic rings. The van der Waals surface area contributed by atoms with Crippen LogP contribution in [0, 0.1) is 10.1 Å². The number of benzene rings is 2. The molecule has 2 aliphatic heterocycles. The number of non-ortho nitro benzene ring substituents is 1. The summed E-state index contributed by atoms with van der Waals surface area (Å²) < 4.78 is 6.90. The molecule has 1 fully saturated rings. The lowest BCUT2D eigenvalue weighted by Crippen LogP contribution is -2.70. The van der Waals surface area contributed by atoms with Crippen molar-refractivity contribution in [1.82, 2.24) is 14.3 Å². The number of carboxylic acid groups (broad SMARTS) is 1. The predicted molar refractivity (Wildman–Crippen MR) is 151 cm³/mol. The van der Waals surface area contributed by atoms with Gasteiger partial charge in [0.25, 0.3) is 11.6 Å². The van der Waals surface area contributed by atoms with E-state index in [1.54, 1.807) is 24.4 Å². The number of thiazole rings is 1. The molecule has 0 saturated carbocycles. The third-order valence-electron chi connectivity index (χ3n) is 6.62. The number of β-lactam (4-membered cyclic amide) rings is 1. The number of carbonyl (C=O) groups is 3. The van der Waals surface area contributed by atoms with Crippen LogP contribution in [0.5, 0.6) is 0 Å². The summed E-state index contributed by atoms with van der Waals surface area (Å²) in [7, 11) is 0. The number of esters is 1. The van der Waals surface area contributed by atoms with E-state index in [-0.39, 0.29) is 17.8 Å². The summed E-state index contributed by atoms with van der Waals surface area (Å²) in [6.45, 7) is 1.23. The first kappa shape index (κ1) is 26.7. The molecule has 1 saturated heterocycles. The van der Waals surface area contributed by atoms with E-state index >= 15 is 0 Å². The first-order chi connectivity index (χ1) is 19.0. The minimum absolute atomic E-state index is 0.0891. The number of alkyl halides is 1. The third-order valence-corrected chi connectivity index (χ3v) is 10.8. The van der Waals surface area contributed by atoms with Crippen LogP contribution in [-0.4, -0.2) is 51.9 Å². The van der Waals surface area contributed by atoms with E-state index in [9.17, 15) is 29.6 Å². The van der Waals surface area contributed by atoms with Crippen LogP contribution in [0.3, 0.4) is 0 Å². The van der Waals surface area contributed by atoms with Crippen LogP contribution in [0.25, 0.3) is 15.2 Å². The molecule has 11 nitrogen and oxygen atoms in total. The van der Waals surface area contributed by atoms with Crippen molar-refractivity contribution < 1.29 is 29.2 Å². The fraction of sp³-hybridized carbons (Fsp3) is 0.200. The van der Waals surface area contributed by atoms with Gasteiger partial charge >= 0.3 is 11.9 Å². The highest BCUT2D eigenvalue weighted by Gasteiger charge is 2.70. The van der Waals surface area contributed by atoms with Crippen molar-refractivity contribution in [1.29, 1.82) is 0 Å². The lowest BCUT2D eigenvalue weighted by atomic mass is 9.88. The van der Waals surface area contributed by atoms with Gasteiger partial charge in [0, 0.05) is 41.6 Å². The Morgan fingerprint density at radius 3 is 2.67 bits per heavy atom. The molecule has 0 bridgehead atoms. The molecule has 2 aromatic carbocycles. The van der Waals surface area contributed by atoms with Crippen LogP contribution in [0.15, 0.2) is 59.3 Å². The van der Waals surface area contributed by atoms with Crippen LogP contribution in [0.2, 0.25) is 5.02 Å². The van der Waals surface area contributed by atoms with E-state index in [0.29, 0.717) is 26.1 Å². The summed E-state index contributed by atoms with van der Waals surface area (Å²) in [6, 6.07) is 11.2. The number of rotatable bonds is 7. The smallest absolute Gasteiger partial charge is 0.353 e. The number of allylic oxidation sites excluding steroid dienone is 1. The lowest BCUT2D eigenvalue weighted by molar-refractivity contribution is -0.384. The monoisotopic (exact) mass is 662 g/mol. The number of imidazole rings is 1. The number of hydrogen-bond acceptors (Lipinski definition) is 9. The van der Waals surface area contributed by atoms with Crippen molar-refractivity contribution in [2.45, 2.75) is 29.1 Å². The Hall–Kier alpha value is -3.46. The van der Waals surface area contributed by atoms with Crippen LogP contribution in [0.1, 0.15) is 24.3 Å². The minimum Gasteiger partial charge on any atom is -0.477 e. The van der Waals surface area contributed by atoms with Crippen molar-refractivity contribution in [3.8, 4) is 0 Å². The Labute approximate surface area is 246 Å². The maximum atomic E-state index is 13.7. The van der Waals surface area contributed by atoms with Crippen LogP contribution < -0.4 is 0 Å². The largest absolute Gasteiger partial charge is 0.477 e. The molecular weight excluding hydrogens is 648 g/mol. The van der Waals surface area contributed by atoms with Gasteiger partial charge in [0.2, 0.25) is 0 Å². The molecule has 6 rings (SSSR count). The van der Waals surface area contributed by atoms with E-state index in [1.807, 2.05) is 16.5 Å². The molecular formula is C25H16BrClN4O7S2. The number of carbonyl (C=O) groups excluding carboxylic acids is 2. The fourth-order valence-electron chi connectivity index (χ4n) is 4.86. The molecule has 1 N–H and O–H groups in total. The molecule has 40 heavy (non-hydrogen) atoms. The first-order valence-electron chi connectivity index (χ1n) is 11.6. The van der Waals surface area contributed by atoms with Crippen molar-refractivity contribution in [3.63, 3.8) is 0 Å². The summed E-state index contributed by atoms with van der Waals surface area (Å²) >= 11 is 12.2. The first-order valence-corrected chi connectivity index (χ1v) is 14.5. The average Bonchev–Trinajstić information content (AvgIpc) is 3.56. The summed E-state index contributed by atoms with van der Waals surface area (Å²) in [5.74, 6) is -2.50. The normalized spacial score (nSPS) is 21.0. The molecule has 4 heterocycles. The number of halogens is 2. The number of aliphatic carboxylic acids is 1. The van der Waals surface area contributed by atoms with Gasteiger partial charge in [-0.3, -0.25) is 29.0 Å². The van der Waals surface area contributed by atoms with E-state index in [0.717, 1.165) is 22.0 Å². The SMILES string of the molecule is CC(=O)OC(c1cn2c(n1)sc1cc(Cl)ccc12)C1(Br)C(=O)N2C(C(=O)O)=C(Cc3ccc([N+](=O)[O-])cc3)SC21. The van der Waals surface area contributed by atoms with Crippen molar-refractivity contribution in [3.05, 3.63) is 85.7 Å². The van der Waals surface area contributed by atoms with Crippen molar-refractivity contribution in [2.75, 3.05) is 0 Å². The zero-order chi connectivity index (χ0) is 28.5. The molecule has 1 amide bonds. The van der Waals surface area contributed by atoms with Gasteiger partial charge in [-0.15, -0.1) is 11.8 Å². The van der Waals surface area contributed by atoms with Gasteiger partial charge in [0.1, 0.15) is 16.8 Å². The van der Waals surface area contributed by atoms with E-state index in [1.165, 1.54) is 35.3 Å². The number of ether oxygens (including phenoxy) is 1. The molecule has 15 heteroatoms. The fourth-order valence-corrected chi connectivity index (χ4v) is 8.67. The van der Waals surface area contributed by atoms with E-state index in [4.69, 9.17) is 16.3 Å². The number of carboxylic acids is 1. The number of nitro groups is 1. The number of aromatic nitrogens is 2. The van der Waals surface area contributed by atoms with Gasteiger partial charge in [-0.1, -0.05) is 51.0 Å². The number of hydrogen-bond donors (Lipinski definition) is 1. The highest BCUT2D eigenvalue weighted by molar-refractivity contribution is 9.10. The minimum atomic E-state index is -1.50. The molecule has 0 radical (unpaired) electrons. The van der Waals surface area contributed by atoms with Gasteiger partial charge in [-0.2, -0.15) is 0 Å². The molecule has 3 unspecified atom stereocenters. The standard InChI is InChI=1S/C25H16BrClN4O7S2/c1-11(32)38-20(15-10-29-16-7-4-13(27)9-17(16)40-24(29)28-15)25(26)22(35)30-19(21(33)34)18(39-23(25)30)8-12-2-5-14(6-3-12)31(36)37/h2-7,9-10,20,23H,8H2,1H3,(H,33,34). The molecule has 2 aromatic heterocycles. The maximum Gasteiger partial charge on any atom is 0.353 e. The van der Waals surface area contributed by atoms with Crippen LogP contribution in [0.4, 0.5) is 5.69 Å². The van der Waals surface area contributed by atoms with Gasteiger partial charge < -0.3 is 9.84 Å². The number of thioether (sulfide) groups is 1. The zero-order valence-electron chi connectivity index (χ0n) is 20.2. The molecule has 2 aliphatic rings. The average molecular weight is 664 g/mol. The Morgan fingerprint density at radius 1 is 1.30 bits per heavy atom. The lowest BCUT2D eigenvalue weighted by Gasteiger charge is -2.51. The van der Waals surface area contributed by atoms with E-state index < -0.39 is 38.6 Å². The Bertz CT molecular complexity index is 1800. The second-order valence-corrected chi connectivity index (χ2v) is 13.0. The topological polar surface area (TPSA) is 144 Å². The number of fused-ring (bicyclic) bond motifs is 4. The van der Waals surface area contributed by atoms with Gasteiger partial charge in [0.15, 0.2) is 15.4 Å². The number of nitro benzene ring substituents is 1. The van der Waals surface area contributed by atoms with Crippen molar-refractivity contribution in [2.24, 2.45) is 0 Å². The van der Waals surface area contributed by atoms with E-state index in [2.05, 4.69) is 20.9 Å². The molecule has 204 valence electrons. The molecule has 0 spiro atoms. The summed E-state index contributed by atoms with van der Waals surface area (Å²) in [5.41, 5.74) is 1.53. The summed E-state index contributed by atoms with van der Waals surface area (Å²) in [5, 5.41) is 20.8. The van der Waals surface area contributed by atoms with Crippen LogP contribution in [-0.2, 0) is 25.5 Å². The number of nitrogens with zero attached hydrogens (tertiary/aromatic N) is 4. The predicted octanol–water partition coefficient (Wildman–Crippen LogP) is 5.30.